The third kappa shape index (κ3) is 4.24. The number of hydrogen-bond acceptors (Lipinski definition) is 4. The van der Waals surface area contributed by atoms with Gasteiger partial charge in [0.15, 0.2) is 0 Å². The second-order valence-electron chi connectivity index (χ2n) is 6.67. The minimum Gasteiger partial charge on any atom is -0.418 e. The topological polar surface area (TPSA) is 51.8 Å². The summed E-state index contributed by atoms with van der Waals surface area (Å²) in [6, 6.07) is 21.5. The summed E-state index contributed by atoms with van der Waals surface area (Å²) in [5.41, 5.74) is 2.42. The first-order valence-corrected chi connectivity index (χ1v) is 8.57. The zero-order valence-electron chi connectivity index (χ0n) is 15.3. The van der Waals surface area contributed by atoms with Crippen molar-refractivity contribution in [2.24, 2.45) is 0 Å². The van der Waals surface area contributed by atoms with Gasteiger partial charge in [-0.2, -0.15) is 0 Å². The monoisotopic (exact) mass is 551 g/mol. The van der Waals surface area contributed by atoms with Crippen LogP contribution in [0.15, 0.2) is 71.3 Å². The number of alkyl halides is 1. The summed E-state index contributed by atoms with van der Waals surface area (Å²) in [6.45, 7) is 3.05. The average molecular weight is 551 g/mol. The zero-order chi connectivity index (χ0) is 18.9. The number of pyridine rings is 1. The molecule has 0 saturated heterocycles. The molecule has 0 aliphatic rings. The summed E-state index contributed by atoms with van der Waals surface area (Å²) < 4.78 is 19.8. The van der Waals surface area contributed by atoms with E-state index in [0.29, 0.717) is 17.3 Å². The summed E-state index contributed by atoms with van der Waals surface area (Å²) in [7, 11) is 0. The third-order valence-electron chi connectivity index (χ3n) is 4.23. The maximum Gasteiger partial charge on any atom is 0.248 e. The zero-order valence-corrected chi connectivity index (χ0v) is 17.7. The fourth-order valence-electron chi connectivity index (χ4n) is 2.74. The maximum atomic E-state index is 14.0. The molecule has 0 spiro atoms. The van der Waals surface area contributed by atoms with E-state index < -0.39 is 5.67 Å². The van der Waals surface area contributed by atoms with Crippen molar-refractivity contribution in [1.29, 1.82) is 0 Å². The van der Waals surface area contributed by atoms with E-state index in [-0.39, 0.29) is 20.1 Å². The summed E-state index contributed by atoms with van der Waals surface area (Å²) >= 11 is 0. The van der Waals surface area contributed by atoms with Crippen LogP contribution in [0.1, 0.15) is 19.4 Å². The molecule has 0 unspecified atom stereocenters. The fraction of sp³-hybridized carbons (Fsp3) is 0.136. The van der Waals surface area contributed by atoms with Crippen molar-refractivity contribution in [1.82, 2.24) is 15.2 Å². The van der Waals surface area contributed by atoms with Gasteiger partial charge >= 0.3 is 0 Å². The molecule has 0 aliphatic heterocycles. The molecule has 0 bridgehead atoms. The van der Waals surface area contributed by atoms with Gasteiger partial charge in [-0.3, -0.25) is 0 Å². The van der Waals surface area contributed by atoms with E-state index in [4.69, 9.17) is 4.42 Å². The summed E-state index contributed by atoms with van der Waals surface area (Å²) in [5, 5.41) is 8.26. The van der Waals surface area contributed by atoms with E-state index in [1.165, 1.54) is 13.8 Å². The molecule has 143 valence electrons. The summed E-state index contributed by atoms with van der Waals surface area (Å²) in [4.78, 5) is 4.34. The van der Waals surface area contributed by atoms with Crippen LogP contribution in [0, 0.1) is 6.07 Å². The molecule has 0 saturated carbocycles. The van der Waals surface area contributed by atoms with Crippen LogP contribution in [0.5, 0.6) is 0 Å². The van der Waals surface area contributed by atoms with Crippen molar-refractivity contribution in [3.8, 4) is 34.2 Å². The number of hydrogen-bond donors (Lipinski definition) is 0. The standard InChI is InChI=1S/C22H17FN3O.Ir/c1-22(2,23)18-11-9-15(10-12-18)20-25-26-21(27-20)17-7-5-6-16(14-17)19-8-3-4-13-24-19;/h3-5,7-14H,1-2H3;/q-1;. The molecule has 1 radical (unpaired) electrons. The molecule has 28 heavy (non-hydrogen) atoms. The van der Waals surface area contributed by atoms with E-state index in [1.807, 2.05) is 30.3 Å². The van der Waals surface area contributed by atoms with Crippen molar-refractivity contribution in [3.05, 3.63) is 78.5 Å². The van der Waals surface area contributed by atoms with Gasteiger partial charge in [-0.15, -0.1) is 40.0 Å². The summed E-state index contributed by atoms with van der Waals surface area (Å²) in [6.07, 6.45) is 1.74. The Morgan fingerprint density at radius 3 is 2.29 bits per heavy atom. The Morgan fingerprint density at radius 1 is 0.929 bits per heavy atom. The van der Waals surface area contributed by atoms with Gasteiger partial charge in [0.05, 0.1) is 0 Å². The minimum absolute atomic E-state index is 0. The van der Waals surface area contributed by atoms with E-state index >= 15 is 0 Å². The molecule has 0 N–H and O–H groups in total. The van der Waals surface area contributed by atoms with Crippen molar-refractivity contribution in [2.75, 3.05) is 0 Å². The molecular weight excluding hydrogens is 533 g/mol. The van der Waals surface area contributed by atoms with Crippen LogP contribution in [-0.2, 0) is 25.8 Å². The first-order valence-electron chi connectivity index (χ1n) is 8.57. The average Bonchev–Trinajstić information content (AvgIpc) is 3.19. The van der Waals surface area contributed by atoms with Gasteiger partial charge in [-0.25, -0.2) is 4.39 Å². The van der Waals surface area contributed by atoms with Crippen LogP contribution in [0.2, 0.25) is 0 Å². The quantitative estimate of drug-likeness (QED) is 0.317. The molecule has 6 heteroatoms. The number of halogens is 1. The van der Waals surface area contributed by atoms with Gasteiger partial charge in [0.1, 0.15) is 5.67 Å². The van der Waals surface area contributed by atoms with E-state index in [2.05, 4.69) is 21.2 Å². The van der Waals surface area contributed by atoms with Crippen molar-refractivity contribution in [3.63, 3.8) is 0 Å². The number of aromatic nitrogens is 3. The van der Waals surface area contributed by atoms with Crippen molar-refractivity contribution >= 4 is 0 Å². The van der Waals surface area contributed by atoms with Crippen molar-refractivity contribution in [2.45, 2.75) is 19.5 Å². The third-order valence-corrected chi connectivity index (χ3v) is 4.23. The van der Waals surface area contributed by atoms with Crippen LogP contribution in [0.4, 0.5) is 4.39 Å². The number of rotatable bonds is 4. The van der Waals surface area contributed by atoms with Gasteiger partial charge in [0.25, 0.3) is 0 Å². The molecule has 0 fully saturated rings. The molecule has 4 nitrogen and oxygen atoms in total. The smallest absolute Gasteiger partial charge is 0.248 e. The predicted molar refractivity (Wildman–Crippen MR) is 101 cm³/mol. The van der Waals surface area contributed by atoms with Crippen LogP contribution in [-0.4, -0.2) is 15.2 Å². The predicted octanol–water partition coefficient (Wildman–Crippen LogP) is 5.47. The normalized spacial score (nSPS) is 11.1. The van der Waals surface area contributed by atoms with Crippen molar-refractivity contribution < 1.29 is 28.9 Å². The first-order chi connectivity index (χ1) is 13.0. The minimum atomic E-state index is -1.39. The molecule has 2 aromatic carbocycles. The Kier molecular flexibility index (Phi) is 5.82. The second kappa shape index (κ2) is 8.13. The number of nitrogens with zero attached hydrogens (tertiary/aromatic N) is 3. The van der Waals surface area contributed by atoms with E-state index in [0.717, 1.165) is 22.4 Å². The molecule has 0 atom stereocenters. The van der Waals surface area contributed by atoms with Crippen LogP contribution in [0.3, 0.4) is 0 Å². The first kappa shape index (κ1) is 20.1. The van der Waals surface area contributed by atoms with Crippen LogP contribution < -0.4 is 0 Å². The SMILES string of the molecule is CC(C)(F)c1ccc(-c2nnc(-c3cc[c-]c(-c4ccccn4)c3)o2)cc1.[Ir]. The van der Waals surface area contributed by atoms with Gasteiger partial charge in [-0.05, 0) is 48.9 Å². The Hall–Kier alpha value is -2.69. The Bertz CT molecular complexity index is 1060. The molecular formula is C22H17FIrN3O-. The Balaban J connectivity index is 0.00000225. The van der Waals surface area contributed by atoms with Crippen LogP contribution >= 0.6 is 0 Å². The second-order valence-corrected chi connectivity index (χ2v) is 6.67. The largest absolute Gasteiger partial charge is 0.418 e. The fourth-order valence-corrected chi connectivity index (χ4v) is 2.74. The summed E-state index contributed by atoms with van der Waals surface area (Å²) in [5.74, 6) is 0.798. The van der Waals surface area contributed by atoms with Gasteiger partial charge in [0.2, 0.25) is 11.8 Å². The molecule has 0 aliphatic carbocycles. The Labute approximate surface area is 176 Å². The molecule has 4 rings (SSSR count). The molecule has 2 heterocycles. The molecule has 4 aromatic rings. The number of benzene rings is 2. The van der Waals surface area contributed by atoms with Gasteiger partial charge in [-0.1, -0.05) is 24.3 Å². The maximum absolute atomic E-state index is 14.0. The van der Waals surface area contributed by atoms with Gasteiger partial charge < -0.3 is 9.40 Å². The van der Waals surface area contributed by atoms with Crippen LogP contribution in [0.25, 0.3) is 34.2 Å². The van der Waals surface area contributed by atoms with Gasteiger partial charge in [0, 0.05) is 31.9 Å². The molecule has 0 amide bonds. The van der Waals surface area contributed by atoms with E-state index in [1.54, 1.807) is 36.5 Å². The Morgan fingerprint density at radius 2 is 1.64 bits per heavy atom. The van der Waals surface area contributed by atoms with E-state index in [9.17, 15) is 4.39 Å². The molecule has 2 aromatic heterocycles.